The van der Waals surface area contributed by atoms with Gasteiger partial charge >= 0.3 is 5.97 Å². The summed E-state index contributed by atoms with van der Waals surface area (Å²) in [7, 11) is 1.53. The summed E-state index contributed by atoms with van der Waals surface area (Å²) in [5.74, 6) is 1.97. The lowest BCUT2D eigenvalue weighted by Gasteiger charge is -2.10. The molecule has 0 heterocycles. The van der Waals surface area contributed by atoms with Gasteiger partial charge in [0.05, 0.1) is 19.3 Å². The van der Waals surface area contributed by atoms with E-state index in [1.54, 1.807) is 17.8 Å². The van der Waals surface area contributed by atoms with Gasteiger partial charge in [0.2, 0.25) is 0 Å². The van der Waals surface area contributed by atoms with Crippen LogP contribution in [0.4, 0.5) is 0 Å². The van der Waals surface area contributed by atoms with Gasteiger partial charge < -0.3 is 14.6 Å². The number of carboxylic acids is 1. The van der Waals surface area contributed by atoms with Crippen molar-refractivity contribution >= 4 is 17.7 Å². The van der Waals surface area contributed by atoms with Crippen LogP contribution in [-0.2, 0) is 0 Å². The maximum atomic E-state index is 10.8. The Morgan fingerprint density at radius 1 is 1.41 bits per heavy atom. The predicted molar refractivity (Wildman–Crippen MR) is 68.4 cm³/mol. The van der Waals surface area contributed by atoms with E-state index >= 15 is 0 Å². The molecule has 1 aromatic carbocycles. The maximum Gasteiger partial charge on any atom is 0.335 e. The van der Waals surface area contributed by atoms with Crippen LogP contribution in [0.1, 0.15) is 17.3 Å². The van der Waals surface area contributed by atoms with E-state index in [0.717, 1.165) is 11.5 Å². The van der Waals surface area contributed by atoms with E-state index in [1.165, 1.54) is 19.2 Å². The Morgan fingerprint density at radius 2 is 2.18 bits per heavy atom. The third kappa shape index (κ3) is 4.19. The summed E-state index contributed by atoms with van der Waals surface area (Å²) in [5.41, 5.74) is 0.198. The van der Waals surface area contributed by atoms with Gasteiger partial charge in [0.25, 0.3) is 0 Å². The van der Waals surface area contributed by atoms with E-state index in [-0.39, 0.29) is 5.56 Å². The first-order valence-electron chi connectivity index (χ1n) is 5.31. The Bertz CT molecular complexity index is 379. The fourth-order valence-electron chi connectivity index (χ4n) is 1.28. The first-order chi connectivity index (χ1) is 8.19. The highest BCUT2D eigenvalue weighted by molar-refractivity contribution is 7.99. The highest BCUT2D eigenvalue weighted by atomic mass is 32.2. The average Bonchev–Trinajstić information content (AvgIpc) is 2.34. The van der Waals surface area contributed by atoms with Crippen molar-refractivity contribution in [2.24, 2.45) is 0 Å². The molecule has 0 aliphatic heterocycles. The summed E-state index contributed by atoms with van der Waals surface area (Å²) in [6.07, 6.45) is 0. The van der Waals surface area contributed by atoms with E-state index in [4.69, 9.17) is 14.6 Å². The van der Waals surface area contributed by atoms with Crippen LogP contribution in [0.2, 0.25) is 0 Å². The summed E-state index contributed by atoms with van der Waals surface area (Å²) in [6.45, 7) is 2.62. The van der Waals surface area contributed by atoms with Crippen LogP contribution in [0.5, 0.6) is 11.5 Å². The lowest BCUT2D eigenvalue weighted by Crippen LogP contribution is -2.04. The van der Waals surface area contributed by atoms with Crippen LogP contribution in [-0.4, -0.2) is 36.3 Å². The fraction of sp³-hybridized carbons (Fsp3) is 0.417. The summed E-state index contributed by atoms with van der Waals surface area (Å²) < 4.78 is 10.6. The number of benzene rings is 1. The first kappa shape index (κ1) is 13.7. The van der Waals surface area contributed by atoms with E-state index in [2.05, 4.69) is 6.92 Å². The monoisotopic (exact) mass is 256 g/mol. The number of aromatic carboxylic acids is 1. The van der Waals surface area contributed by atoms with E-state index in [0.29, 0.717) is 18.1 Å². The van der Waals surface area contributed by atoms with Crippen molar-refractivity contribution in [3.05, 3.63) is 23.8 Å². The molecule has 17 heavy (non-hydrogen) atoms. The Balaban J connectivity index is 2.72. The molecular formula is C12H16O4S. The molecule has 4 nitrogen and oxygen atoms in total. The highest BCUT2D eigenvalue weighted by Crippen LogP contribution is 2.28. The zero-order chi connectivity index (χ0) is 12.7. The molecule has 0 unspecified atom stereocenters. The molecule has 0 bridgehead atoms. The van der Waals surface area contributed by atoms with Crippen molar-refractivity contribution in [2.75, 3.05) is 25.2 Å². The zero-order valence-corrected chi connectivity index (χ0v) is 10.8. The molecule has 0 spiro atoms. The molecule has 1 rings (SSSR count). The Hall–Kier alpha value is -1.36. The minimum absolute atomic E-state index is 0.198. The van der Waals surface area contributed by atoms with Crippen LogP contribution >= 0.6 is 11.8 Å². The van der Waals surface area contributed by atoms with Crippen LogP contribution in [0, 0.1) is 0 Å². The van der Waals surface area contributed by atoms with Crippen molar-refractivity contribution in [3.8, 4) is 11.5 Å². The SMILES string of the molecule is CCSCCOc1cc(C(=O)O)ccc1OC. The Labute approximate surface area is 105 Å². The van der Waals surface area contributed by atoms with Gasteiger partial charge in [0.1, 0.15) is 0 Å². The molecular weight excluding hydrogens is 240 g/mol. The number of methoxy groups -OCH3 is 1. The van der Waals surface area contributed by atoms with Gasteiger partial charge in [-0.05, 0) is 24.0 Å². The number of carboxylic acid groups (broad SMARTS) is 1. The van der Waals surface area contributed by atoms with Crippen LogP contribution < -0.4 is 9.47 Å². The van der Waals surface area contributed by atoms with E-state index < -0.39 is 5.97 Å². The second-order valence-corrected chi connectivity index (χ2v) is 4.61. The van der Waals surface area contributed by atoms with Gasteiger partial charge in [0, 0.05) is 5.75 Å². The molecule has 1 aromatic rings. The van der Waals surface area contributed by atoms with Crippen molar-refractivity contribution in [1.82, 2.24) is 0 Å². The molecule has 1 N–H and O–H groups in total. The second-order valence-electron chi connectivity index (χ2n) is 3.22. The maximum absolute atomic E-state index is 10.8. The number of rotatable bonds is 7. The fourth-order valence-corrected chi connectivity index (χ4v) is 1.77. The van der Waals surface area contributed by atoms with Gasteiger partial charge in [-0.1, -0.05) is 6.92 Å². The van der Waals surface area contributed by atoms with Crippen molar-refractivity contribution in [3.63, 3.8) is 0 Å². The number of carbonyl (C=O) groups is 1. The van der Waals surface area contributed by atoms with Gasteiger partial charge in [-0.25, -0.2) is 4.79 Å². The van der Waals surface area contributed by atoms with E-state index in [1.807, 2.05) is 0 Å². The Kier molecular flexibility index (Phi) is 5.69. The number of hydrogen-bond acceptors (Lipinski definition) is 4. The summed E-state index contributed by atoms with van der Waals surface area (Å²) in [4.78, 5) is 10.8. The molecule has 94 valence electrons. The number of thioether (sulfide) groups is 1. The molecule has 0 aliphatic carbocycles. The lowest BCUT2D eigenvalue weighted by atomic mass is 10.2. The highest BCUT2D eigenvalue weighted by Gasteiger charge is 2.09. The van der Waals surface area contributed by atoms with Gasteiger partial charge in [-0.15, -0.1) is 0 Å². The third-order valence-corrected chi connectivity index (χ3v) is 2.96. The van der Waals surface area contributed by atoms with E-state index in [9.17, 15) is 4.79 Å². The molecule has 0 saturated heterocycles. The molecule has 5 heteroatoms. The zero-order valence-electron chi connectivity index (χ0n) is 9.93. The van der Waals surface area contributed by atoms with Crippen LogP contribution in [0.25, 0.3) is 0 Å². The van der Waals surface area contributed by atoms with Gasteiger partial charge in [-0.2, -0.15) is 11.8 Å². The van der Waals surface area contributed by atoms with Gasteiger partial charge in [-0.3, -0.25) is 0 Å². The van der Waals surface area contributed by atoms with Gasteiger partial charge in [0.15, 0.2) is 11.5 Å². The Morgan fingerprint density at radius 3 is 2.76 bits per heavy atom. The van der Waals surface area contributed by atoms with Crippen LogP contribution in [0.15, 0.2) is 18.2 Å². The molecule has 0 saturated carbocycles. The number of ether oxygens (including phenoxy) is 2. The molecule has 0 radical (unpaired) electrons. The summed E-state index contributed by atoms with van der Waals surface area (Å²) in [5, 5.41) is 8.88. The topological polar surface area (TPSA) is 55.8 Å². The average molecular weight is 256 g/mol. The standard InChI is InChI=1S/C12H16O4S/c1-3-17-7-6-16-11-8-9(12(13)14)4-5-10(11)15-2/h4-5,8H,3,6-7H2,1-2H3,(H,13,14). The van der Waals surface area contributed by atoms with Crippen LogP contribution in [0.3, 0.4) is 0 Å². The molecule has 0 aromatic heterocycles. The largest absolute Gasteiger partial charge is 0.493 e. The van der Waals surface area contributed by atoms with Crippen molar-refractivity contribution in [1.29, 1.82) is 0 Å². The first-order valence-corrected chi connectivity index (χ1v) is 6.46. The predicted octanol–water partition coefficient (Wildman–Crippen LogP) is 2.53. The molecule has 0 aliphatic rings. The lowest BCUT2D eigenvalue weighted by molar-refractivity contribution is 0.0696. The quantitative estimate of drug-likeness (QED) is 0.760. The normalized spacial score (nSPS) is 10.0. The third-order valence-electron chi connectivity index (χ3n) is 2.10. The minimum Gasteiger partial charge on any atom is -0.493 e. The van der Waals surface area contributed by atoms with Crippen molar-refractivity contribution < 1.29 is 19.4 Å². The summed E-state index contributed by atoms with van der Waals surface area (Å²) in [6, 6.07) is 4.58. The molecule has 0 fully saturated rings. The van der Waals surface area contributed by atoms with Crippen molar-refractivity contribution in [2.45, 2.75) is 6.92 Å². The molecule has 0 atom stereocenters. The second kappa shape index (κ2) is 7.06. The number of hydrogen-bond donors (Lipinski definition) is 1. The minimum atomic E-state index is -0.972. The molecule has 0 amide bonds. The smallest absolute Gasteiger partial charge is 0.335 e. The summed E-state index contributed by atoms with van der Waals surface area (Å²) >= 11 is 1.77.